The van der Waals surface area contributed by atoms with Crippen LogP contribution in [0.1, 0.15) is 155 Å². The molecule has 2 N–H and O–H groups in total. The number of carbonyl (C=O) groups excluding carboxylic acids is 1. The molecule has 0 aromatic carbocycles. The van der Waals surface area contributed by atoms with Crippen molar-refractivity contribution in [1.82, 2.24) is 5.32 Å². The number of hydrogen-bond acceptors (Lipinski definition) is 6. The molecule has 0 heterocycles. The molecule has 3 unspecified atom stereocenters. The zero-order valence-corrected chi connectivity index (χ0v) is 36.0. The van der Waals surface area contributed by atoms with Crippen molar-refractivity contribution in [2.75, 3.05) is 40.9 Å². The Balaban J connectivity index is 4.30. The van der Waals surface area contributed by atoms with Gasteiger partial charge in [-0.2, -0.15) is 0 Å². The van der Waals surface area contributed by atoms with Gasteiger partial charge in [-0.1, -0.05) is 151 Å². The summed E-state index contributed by atoms with van der Waals surface area (Å²) in [6, 6.07) is -0.906. The van der Waals surface area contributed by atoms with Crippen LogP contribution in [0.3, 0.4) is 0 Å². The molecule has 312 valence electrons. The van der Waals surface area contributed by atoms with E-state index >= 15 is 0 Å². The first-order valence-electron chi connectivity index (χ1n) is 21.3. The van der Waals surface area contributed by atoms with Gasteiger partial charge in [-0.3, -0.25) is 9.36 Å². The van der Waals surface area contributed by atoms with Crippen LogP contribution in [0.15, 0.2) is 72.9 Å². The summed E-state index contributed by atoms with van der Waals surface area (Å²) in [5.41, 5.74) is 0. The number of phosphoric acid groups is 1. The van der Waals surface area contributed by atoms with Crippen LogP contribution in [0.5, 0.6) is 0 Å². The zero-order chi connectivity index (χ0) is 40.0. The summed E-state index contributed by atoms with van der Waals surface area (Å²) in [5.74, 6) is -0.219. The number of quaternary nitrogens is 1. The lowest BCUT2D eigenvalue weighted by Crippen LogP contribution is -2.45. The number of aliphatic hydroxyl groups excluding tert-OH is 1. The molecule has 0 aliphatic rings. The van der Waals surface area contributed by atoms with Crippen molar-refractivity contribution in [3.63, 3.8) is 0 Å². The van der Waals surface area contributed by atoms with E-state index in [0.717, 1.165) is 70.6 Å². The number of phosphoric ester groups is 1. The second kappa shape index (κ2) is 36.6. The van der Waals surface area contributed by atoms with E-state index in [1.165, 1.54) is 64.2 Å². The van der Waals surface area contributed by atoms with Crippen LogP contribution < -0.4 is 10.2 Å². The van der Waals surface area contributed by atoms with Crippen molar-refractivity contribution in [2.24, 2.45) is 0 Å². The molecule has 9 heteroatoms. The van der Waals surface area contributed by atoms with Crippen molar-refractivity contribution in [1.29, 1.82) is 0 Å². The lowest BCUT2D eigenvalue weighted by molar-refractivity contribution is -0.870. The summed E-state index contributed by atoms with van der Waals surface area (Å²) in [7, 11) is 1.22. The number of aliphatic hydroxyl groups is 1. The topological polar surface area (TPSA) is 108 Å². The van der Waals surface area contributed by atoms with Gasteiger partial charge in [0, 0.05) is 6.42 Å². The first-order valence-corrected chi connectivity index (χ1v) is 22.8. The van der Waals surface area contributed by atoms with Crippen LogP contribution in [0.25, 0.3) is 0 Å². The van der Waals surface area contributed by atoms with E-state index in [4.69, 9.17) is 9.05 Å². The minimum Gasteiger partial charge on any atom is -0.756 e. The SMILES string of the molecule is CC/C=C\C/C=C\C/C=C\C/C=C\CCCCCCCCCCCCC(=O)NC(COP(=O)([O-])OCC[N+](C)(C)C)C(O)/C=C/CC/C=C/CCCCC. The van der Waals surface area contributed by atoms with E-state index in [-0.39, 0.29) is 12.5 Å². The monoisotopic (exact) mass is 777 g/mol. The molecule has 0 bridgehead atoms. The first kappa shape index (κ1) is 51.9. The van der Waals surface area contributed by atoms with Gasteiger partial charge in [0.2, 0.25) is 5.91 Å². The average molecular weight is 777 g/mol. The van der Waals surface area contributed by atoms with E-state index in [9.17, 15) is 19.4 Å². The second-order valence-electron chi connectivity index (χ2n) is 15.3. The largest absolute Gasteiger partial charge is 0.756 e. The summed E-state index contributed by atoms with van der Waals surface area (Å²) >= 11 is 0. The maximum absolute atomic E-state index is 12.8. The van der Waals surface area contributed by atoms with Gasteiger partial charge < -0.3 is 28.8 Å². The lowest BCUT2D eigenvalue weighted by Gasteiger charge is -2.29. The van der Waals surface area contributed by atoms with Gasteiger partial charge in [-0.05, 0) is 70.6 Å². The predicted octanol–water partition coefficient (Wildman–Crippen LogP) is 11.0. The van der Waals surface area contributed by atoms with Gasteiger partial charge in [0.25, 0.3) is 7.82 Å². The van der Waals surface area contributed by atoms with E-state index in [2.05, 4.69) is 79.9 Å². The van der Waals surface area contributed by atoms with E-state index in [1.54, 1.807) is 6.08 Å². The molecule has 8 nitrogen and oxygen atoms in total. The molecular weight excluding hydrogens is 695 g/mol. The number of carbonyl (C=O) groups is 1. The number of nitrogens with zero attached hydrogens (tertiary/aromatic N) is 1. The minimum absolute atomic E-state index is 0.0109. The summed E-state index contributed by atoms with van der Waals surface area (Å²) in [4.78, 5) is 25.2. The molecular formula is C45H81N2O6P. The molecule has 0 spiro atoms. The van der Waals surface area contributed by atoms with Crippen LogP contribution in [0.2, 0.25) is 0 Å². The average Bonchev–Trinajstić information content (AvgIpc) is 3.12. The quantitative estimate of drug-likeness (QED) is 0.0281. The van der Waals surface area contributed by atoms with Gasteiger partial charge in [0.15, 0.2) is 0 Å². The number of nitrogens with one attached hydrogen (secondary N) is 1. The molecule has 0 rings (SSSR count). The Hall–Kier alpha value is -2.06. The fraction of sp³-hybridized carbons (Fsp3) is 0.711. The Kier molecular flexibility index (Phi) is 35.2. The lowest BCUT2D eigenvalue weighted by atomic mass is 10.0. The molecule has 0 radical (unpaired) electrons. The number of amides is 1. The highest BCUT2D eigenvalue weighted by Gasteiger charge is 2.23. The molecule has 3 atom stereocenters. The minimum atomic E-state index is -4.59. The van der Waals surface area contributed by atoms with Crippen molar-refractivity contribution in [3.05, 3.63) is 72.9 Å². The summed E-state index contributed by atoms with van der Waals surface area (Å²) in [6.45, 7) is 4.43. The summed E-state index contributed by atoms with van der Waals surface area (Å²) in [6.07, 6.45) is 48.2. The second-order valence-corrected chi connectivity index (χ2v) is 16.7. The number of unbranched alkanes of at least 4 members (excludes halogenated alkanes) is 14. The maximum Gasteiger partial charge on any atom is 0.268 e. The summed E-state index contributed by atoms with van der Waals surface area (Å²) in [5, 5.41) is 13.7. The third kappa shape index (κ3) is 38.2. The van der Waals surface area contributed by atoms with Gasteiger partial charge >= 0.3 is 0 Å². The predicted molar refractivity (Wildman–Crippen MR) is 228 cm³/mol. The third-order valence-electron chi connectivity index (χ3n) is 8.90. The summed E-state index contributed by atoms with van der Waals surface area (Å²) < 4.78 is 23.1. The van der Waals surface area contributed by atoms with Gasteiger partial charge in [-0.15, -0.1) is 0 Å². The standard InChI is InChI=1S/C45H81N2O6P/c1-6-8-10-12-14-16-17-18-19-20-21-22-23-24-25-26-27-28-29-31-33-35-37-39-45(49)46-43(42-53-54(50,51)52-41-40-47(3,4)5)44(48)38-36-34-32-30-15-13-11-9-7-2/h8,10,14-16,18-19,21-22,30,36,38,43-44,48H,6-7,9,11-13,17,20,23-29,31-35,37,39-42H2,1-5H3,(H-,46,49,50,51)/b10-8-,16-14-,19-18-,22-21-,30-15+,38-36+. The fourth-order valence-electron chi connectivity index (χ4n) is 5.51. The molecule has 0 saturated heterocycles. The highest BCUT2D eigenvalue weighted by Crippen LogP contribution is 2.38. The Morgan fingerprint density at radius 2 is 1.15 bits per heavy atom. The Labute approximate surface area is 332 Å². The van der Waals surface area contributed by atoms with Crippen LogP contribution in [-0.4, -0.2) is 68.5 Å². The van der Waals surface area contributed by atoms with E-state index < -0.39 is 26.6 Å². The van der Waals surface area contributed by atoms with Gasteiger partial charge in [-0.25, -0.2) is 0 Å². The Bertz CT molecular complexity index is 1110. The number of likely N-dealkylation sites (N-methyl/N-ethyl adjacent to an activating group) is 1. The number of hydrogen-bond donors (Lipinski definition) is 2. The van der Waals surface area contributed by atoms with Crippen molar-refractivity contribution < 1.29 is 32.9 Å². The Morgan fingerprint density at radius 3 is 1.72 bits per heavy atom. The van der Waals surface area contributed by atoms with Crippen LogP contribution in [0, 0.1) is 0 Å². The van der Waals surface area contributed by atoms with Gasteiger partial charge in [0.1, 0.15) is 13.2 Å². The smallest absolute Gasteiger partial charge is 0.268 e. The van der Waals surface area contributed by atoms with E-state index in [0.29, 0.717) is 17.4 Å². The normalized spacial score (nSPS) is 15.2. The van der Waals surface area contributed by atoms with Crippen LogP contribution in [0.4, 0.5) is 0 Å². The molecule has 1 amide bonds. The molecule has 0 aromatic rings. The van der Waals surface area contributed by atoms with Crippen molar-refractivity contribution in [3.8, 4) is 0 Å². The van der Waals surface area contributed by atoms with Gasteiger partial charge in [0.05, 0.1) is 39.9 Å². The highest BCUT2D eigenvalue weighted by atomic mass is 31.2. The third-order valence-corrected chi connectivity index (χ3v) is 9.86. The van der Waals surface area contributed by atoms with Crippen LogP contribution >= 0.6 is 7.82 Å². The Morgan fingerprint density at radius 1 is 0.667 bits per heavy atom. The van der Waals surface area contributed by atoms with Crippen LogP contribution in [-0.2, 0) is 18.4 Å². The molecule has 0 fully saturated rings. The highest BCUT2D eigenvalue weighted by molar-refractivity contribution is 7.45. The zero-order valence-electron chi connectivity index (χ0n) is 35.1. The van der Waals surface area contributed by atoms with Crippen molar-refractivity contribution in [2.45, 2.75) is 167 Å². The molecule has 0 saturated carbocycles. The molecule has 0 aliphatic heterocycles. The number of allylic oxidation sites excluding steroid dienone is 11. The van der Waals surface area contributed by atoms with E-state index in [1.807, 2.05) is 27.2 Å². The first-order chi connectivity index (χ1) is 26.0. The van der Waals surface area contributed by atoms with Crippen molar-refractivity contribution >= 4 is 13.7 Å². The molecule has 54 heavy (non-hydrogen) atoms. The maximum atomic E-state index is 12.8. The molecule has 0 aliphatic carbocycles. The molecule has 0 aromatic heterocycles. The number of rotatable bonds is 37. The fourth-order valence-corrected chi connectivity index (χ4v) is 6.23.